The maximum atomic E-state index is 11.6. The lowest BCUT2D eigenvalue weighted by Gasteiger charge is -2.53. The third kappa shape index (κ3) is 6.26. The summed E-state index contributed by atoms with van der Waals surface area (Å²) in [5.74, 6) is 0.145. The van der Waals surface area contributed by atoms with E-state index in [1.54, 1.807) is 0 Å². The second-order valence-corrected chi connectivity index (χ2v) is 21.1. The predicted molar refractivity (Wildman–Crippen MR) is 122 cm³/mol. The van der Waals surface area contributed by atoms with Crippen LogP contribution in [-0.4, -0.2) is 39.6 Å². The molecule has 0 aromatic heterocycles. The molecule has 1 saturated carbocycles. The minimum absolute atomic E-state index is 0.0323. The van der Waals surface area contributed by atoms with Gasteiger partial charge in [0.1, 0.15) is 0 Å². The standard InChI is InChI=1S/C22H46O3Si2/c1-17-15-19(25-27(11,12)20(3,4)5)16-21(6,7)22(17,23)14-13-18(2)24-26(8,9)10/h13-14,17-19,23H,15-16H2,1-12H3/b14-13+/t17-,18?,19+,22-/m0/s1. The summed E-state index contributed by atoms with van der Waals surface area (Å²) in [7, 11) is -3.40. The van der Waals surface area contributed by atoms with Crippen molar-refractivity contribution in [2.45, 2.75) is 117 Å². The molecule has 1 unspecified atom stereocenters. The van der Waals surface area contributed by atoms with Crippen molar-refractivity contribution < 1.29 is 14.0 Å². The van der Waals surface area contributed by atoms with Crippen molar-refractivity contribution in [2.75, 3.05) is 0 Å². The van der Waals surface area contributed by atoms with E-state index in [1.165, 1.54) is 0 Å². The molecule has 0 aromatic rings. The monoisotopic (exact) mass is 414 g/mol. The lowest BCUT2D eigenvalue weighted by Crippen LogP contribution is -2.57. The predicted octanol–water partition coefficient (Wildman–Crippen LogP) is 6.36. The maximum Gasteiger partial charge on any atom is 0.192 e. The highest BCUT2D eigenvalue weighted by atomic mass is 28.4. The molecule has 0 amide bonds. The van der Waals surface area contributed by atoms with E-state index in [0.717, 1.165) is 12.8 Å². The highest BCUT2D eigenvalue weighted by Crippen LogP contribution is 2.50. The summed E-state index contributed by atoms with van der Waals surface area (Å²) < 4.78 is 12.8. The Morgan fingerprint density at radius 2 is 1.63 bits per heavy atom. The molecule has 0 aromatic carbocycles. The Hall–Kier alpha value is 0.0538. The third-order valence-electron chi connectivity index (χ3n) is 6.62. The summed E-state index contributed by atoms with van der Waals surface area (Å²) in [5.41, 5.74) is -1.08. The van der Waals surface area contributed by atoms with Gasteiger partial charge in [-0.25, -0.2) is 0 Å². The van der Waals surface area contributed by atoms with Gasteiger partial charge in [-0.1, -0.05) is 53.7 Å². The first-order valence-electron chi connectivity index (χ1n) is 10.6. The summed E-state index contributed by atoms with van der Waals surface area (Å²) in [4.78, 5) is 0. The van der Waals surface area contributed by atoms with Crippen molar-refractivity contribution in [3.05, 3.63) is 12.2 Å². The Bertz CT molecular complexity index is 529. The first-order chi connectivity index (χ1) is 11.8. The van der Waals surface area contributed by atoms with Gasteiger partial charge >= 0.3 is 0 Å². The van der Waals surface area contributed by atoms with Crippen molar-refractivity contribution >= 4 is 16.6 Å². The fraction of sp³-hybridized carbons (Fsp3) is 0.909. The Morgan fingerprint density at radius 1 is 1.11 bits per heavy atom. The van der Waals surface area contributed by atoms with Crippen LogP contribution in [0.3, 0.4) is 0 Å². The zero-order valence-electron chi connectivity index (χ0n) is 20.1. The third-order valence-corrected chi connectivity index (χ3v) is 12.2. The molecule has 0 aliphatic heterocycles. The lowest BCUT2D eigenvalue weighted by molar-refractivity contribution is -0.125. The minimum Gasteiger partial charge on any atom is -0.414 e. The van der Waals surface area contributed by atoms with Crippen molar-refractivity contribution in [3.63, 3.8) is 0 Å². The van der Waals surface area contributed by atoms with Crippen molar-refractivity contribution in [1.82, 2.24) is 0 Å². The normalized spacial score (nSPS) is 31.3. The van der Waals surface area contributed by atoms with Crippen LogP contribution in [0.25, 0.3) is 0 Å². The average molecular weight is 415 g/mol. The molecule has 3 nitrogen and oxygen atoms in total. The molecule has 27 heavy (non-hydrogen) atoms. The second kappa shape index (κ2) is 8.06. The van der Waals surface area contributed by atoms with Crippen LogP contribution >= 0.6 is 0 Å². The molecule has 1 N–H and O–H groups in total. The van der Waals surface area contributed by atoms with Crippen LogP contribution in [-0.2, 0) is 8.85 Å². The molecule has 1 rings (SSSR count). The summed E-state index contributed by atoms with van der Waals surface area (Å²) in [6.45, 7) is 26.7. The van der Waals surface area contributed by atoms with E-state index in [0.29, 0.717) is 0 Å². The average Bonchev–Trinajstić information content (AvgIpc) is 2.38. The SMILES string of the molecule is CC(/C=C/[C@]1(O)[C@@H](C)C[C@@H](O[Si](C)(C)C(C)(C)C)CC1(C)C)O[Si](C)(C)C. The quantitative estimate of drug-likeness (QED) is 0.406. The van der Waals surface area contributed by atoms with Gasteiger partial charge in [0.2, 0.25) is 0 Å². The zero-order valence-corrected chi connectivity index (χ0v) is 22.1. The smallest absolute Gasteiger partial charge is 0.192 e. The molecule has 1 aliphatic carbocycles. The summed E-state index contributed by atoms with van der Waals surface area (Å²) >= 11 is 0. The molecular formula is C22H46O3Si2. The highest BCUT2D eigenvalue weighted by Gasteiger charge is 2.52. The molecule has 1 aliphatic rings. The molecule has 5 heteroatoms. The van der Waals surface area contributed by atoms with Crippen LogP contribution in [0.5, 0.6) is 0 Å². The topological polar surface area (TPSA) is 38.7 Å². The summed E-state index contributed by atoms with van der Waals surface area (Å²) in [6, 6.07) is 0. The van der Waals surface area contributed by atoms with E-state index in [4.69, 9.17) is 8.85 Å². The van der Waals surface area contributed by atoms with Gasteiger partial charge < -0.3 is 14.0 Å². The molecule has 0 spiro atoms. The van der Waals surface area contributed by atoms with E-state index in [-0.39, 0.29) is 28.6 Å². The van der Waals surface area contributed by atoms with Gasteiger partial charge in [-0.15, -0.1) is 0 Å². The van der Waals surface area contributed by atoms with Crippen molar-refractivity contribution in [2.24, 2.45) is 11.3 Å². The number of hydrogen-bond acceptors (Lipinski definition) is 3. The number of rotatable bonds is 6. The second-order valence-electron chi connectivity index (χ2n) is 11.8. The van der Waals surface area contributed by atoms with E-state index < -0.39 is 22.2 Å². The Labute approximate surface area is 171 Å². The van der Waals surface area contributed by atoms with Crippen LogP contribution in [0.15, 0.2) is 12.2 Å². The first kappa shape index (κ1) is 25.1. The summed E-state index contributed by atoms with van der Waals surface area (Å²) in [5, 5.41) is 11.8. The Balaban J connectivity index is 2.96. The maximum absolute atomic E-state index is 11.6. The van der Waals surface area contributed by atoms with Gasteiger partial charge in [0, 0.05) is 6.10 Å². The molecule has 0 heterocycles. The van der Waals surface area contributed by atoms with Crippen LogP contribution in [0, 0.1) is 11.3 Å². The summed E-state index contributed by atoms with van der Waals surface area (Å²) in [6.07, 6.45) is 6.12. The molecule has 0 radical (unpaired) electrons. The number of aliphatic hydroxyl groups is 1. The van der Waals surface area contributed by atoms with Gasteiger partial charge in [0.05, 0.1) is 11.7 Å². The minimum atomic E-state index is -1.81. The molecule has 4 atom stereocenters. The Morgan fingerprint density at radius 3 is 2.04 bits per heavy atom. The van der Waals surface area contributed by atoms with Crippen LogP contribution in [0.2, 0.25) is 37.8 Å². The van der Waals surface area contributed by atoms with E-state index >= 15 is 0 Å². The van der Waals surface area contributed by atoms with Crippen LogP contribution in [0.4, 0.5) is 0 Å². The van der Waals surface area contributed by atoms with Gasteiger partial charge in [0.25, 0.3) is 0 Å². The first-order valence-corrected chi connectivity index (χ1v) is 16.9. The molecular weight excluding hydrogens is 368 g/mol. The van der Waals surface area contributed by atoms with Crippen LogP contribution < -0.4 is 0 Å². The molecule has 0 saturated heterocycles. The fourth-order valence-corrected chi connectivity index (χ4v) is 6.57. The fourth-order valence-electron chi connectivity index (χ4n) is 4.01. The number of hydrogen-bond donors (Lipinski definition) is 1. The zero-order chi connectivity index (χ0) is 21.5. The van der Waals surface area contributed by atoms with Gasteiger partial charge in [-0.3, -0.25) is 0 Å². The molecule has 0 bridgehead atoms. The Kier molecular flexibility index (Phi) is 7.49. The van der Waals surface area contributed by atoms with E-state index in [2.05, 4.69) is 87.3 Å². The molecule has 160 valence electrons. The largest absolute Gasteiger partial charge is 0.414 e. The van der Waals surface area contributed by atoms with Gasteiger partial charge in [0.15, 0.2) is 16.6 Å². The van der Waals surface area contributed by atoms with Crippen molar-refractivity contribution in [3.8, 4) is 0 Å². The highest BCUT2D eigenvalue weighted by molar-refractivity contribution is 6.74. The van der Waals surface area contributed by atoms with Gasteiger partial charge in [-0.05, 0) is 68.9 Å². The van der Waals surface area contributed by atoms with Crippen molar-refractivity contribution in [1.29, 1.82) is 0 Å². The van der Waals surface area contributed by atoms with E-state index in [9.17, 15) is 5.11 Å². The van der Waals surface area contributed by atoms with Crippen LogP contribution in [0.1, 0.15) is 61.3 Å². The van der Waals surface area contributed by atoms with E-state index in [1.807, 2.05) is 6.08 Å². The van der Waals surface area contributed by atoms with Gasteiger partial charge in [-0.2, -0.15) is 0 Å². The molecule has 1 fully saturated rings. The lowest BCUT2D eigenvalue weighted by atomic mass is 9.60.